The van der Waals surface area contributed by atoms with Crippen LogP contribution in [-0.2, 0) is 9.53 Å². The van der Waals surface area contributed by atoms with Crippen LogP contribution in [0.2, 0.25) is 10.0 Å². The molecule has 1 atom stereocenters. The van der Waals surface area contributed by atoms with Crippen molar-refractivity contribution in [1.82, 2.24) is 0 Å². The molecule has 2 aromatic carbocycles. The fourth-order valence-corrected chi connectivity index (χ4v) is 2.25. The third kappa shape index (κ3) is 4.48. The Kier molecular flexibility index (Phi) is 5.41. The first kappa shape index (κ1) is 16.3. The van der Waals surface area contributed by atoms with Gasteiger partial charge >= 0.3 is 5.97 Å². The summed E-state index contributed by atoms with van der Waals surface area (Å²) in [5.74, 6) is -1.09. The number of carbonyl (C=O) groups excluding carboxylic acids is 2. The van der Waals surface area contributed by atoms with Crippen LogP contribution in [0.5, 0.6) is 0 Å². The molecule has 0 radical (unpaired) electrons. The summed E-state index contributed by atoms with van der Waals surface area (Å²) in [4.78, 5) is 24.0. The summed E-state index contributed by atoms with van der Waals surface area (Å²) < 4.78 is 5.11. The second kappa shape index (κ2) is 7.29. The molecule has 0 spiro atoms. The van der Waals surface area contributed by atoms with Crippen molar-refractivity contribution in [1.29, 1.82) is 0 Å². The molecule has 0 aliphatic rings. The molecule has 0 aliphatic heterocycles. The van der Waals surface area contributed by atoms with Crippen LogP contribution in [0, 0.1) is 0 Å². The van der Waals surface area contributed by atoms with Gasteiger partial charge in [-0.2, -0.15) is 0 Å². The molecule has 1 amide bonds. The molecule has 0 aliphatic carbocycles. The van der Waals surface area contributed by atoms with E-state index in [1.54, 1.807) is 24.3 Å². The van der Waals surface area contributed by atoms with Crippen LogP contribution in [0.25, 0.3) is 0 Å². The van der Waals surface area contributed by atoms with Crippen LogP contribution < -0.4 is 5.32 Å². The average Bonchev–Trinajstić information content (AvgIpc) is 2.47. The minimum atomic E-state index is -0.953. The highest BCUT2D eigenvalue weighted by Crippen LogP contribution is 2.20. The molecule has 0 saturated heterocycles. The molecule has 2 aromatic rings. The van der Waals surface area contributed by atoms with Gasteiger partial charge in [-0.05, 0) is 37.3 Å². The molecule has 6 heteroatoms. The van der Waals surface area contributed by atoms with Crippen molar-refractivity contribution in [3.63, 3.8) is 0 Å². The van der Waals surface area contributed by atoms with Crippen LogP contribution in [0.3, 0.4) is 0 Å². The number of amides is 1. The van der Waals surface area contributed by atoms with Gasteiger partial charge < -0.3 is 10.1 Å². The molecule has 1 N–H and O–H groups in total. The Balaban J connectivity index is 2.00. The first-order chi connectivity index (χ1) is 10.5. The van der Waals surface area contributed by atoms with Gasteiger partial charge in [-0.25, -0.2) is 4.79 Å². The topological polar surface area (TPSA) is 55.4 Å². The molecule has 2 rings (SSSR count). The maximum atomic E-state index is 12.0. The summed E-state index contributed by atoms with van der Waals surface area (Å²) in [7, 11) is 0. The highest BCUT2D eigenvalue weighted by Gasteiger charge is 2.19. The van der Waals surface area contributed by atoms with E-state index in [-0.39, 0.29) is 5.56 Å². The van der Waals surface area contributed by atoms with E-state index in [4.69, 9.17) is 27.9 Å². The summed E-state index contributed by atoms with van der Waals surface area (Å²) in [5, 5.41) is 3.29. The molecule has 0 fully saturated rings. The summed E-state index contributed by atoms with van der Waals surface area (Å²) in [6, 6.07) is 13.3. The number of halogens is 2. The predicted molar refractivity (Wildman–Crippen MR) is 86.4 cm³/mol. The quantitative estimate of drug-likeness (QED) is 0.851. The van der Waals surface area contributed by atoms with Crippen LogP contribution in [0.4, 0.5) is 5.69 Å². The highest BCUT2D eigenvalue weighted by atomic mass is 35.5. The number of nitrogens with one attached hydrogen (secondary N) is 1. The zero-order chi connectivity index (χ0) is 16.1. The van der Waals surface area contributed by atoms with Crippen LogP contribution in [0.15, 0.2) is 48.5 Å². The molecule has 114 valence electrons. The number of hydrogen-bond acceptors (Lipinski definition) is 3. The summed E-state index contributed by atoms with van der Waals surface area (Å²) in [5.41, 5.74) is 0.818. The van der Waals surface area contributed by atoms with Crippen LogP contribution in [-0.4, -0.2) is 18.0 Å². The van der Waals surface area contributed by atoms with Crippen molar-refractivity contribution in [2.24, 2.45) is 0 Å². The molecule has 4 nitrogen and oxygen atoms in total. The molecular weight excluding hydrogens is 325 g/mol. The van der Waals surface area contributed by atoms with E-state index < -0.39 is 18.0 Å². The van der Waals surface area contributed by atoms with Gasteiger partial charge in [0.15, 0.2) is 6.10 Å². The number of anilines is 1. The monoisotopic (exact) mass is 337 g/mol. The third-order valence-corrected chi connectivity index (χ3v) is 3.23. The molecule has 0 heterocycles. The highest BCUT2D eigenvalue weighted by molar-refractivity contribution is 6.35. The van der Waals surface area contributed by atoms with Crippen molar-refractivity contribution in [2.75, 3.05) is 5.32 Å². The fourth-order valence-electron chi connectivity index (χ4n) is 1.72. The van der Waals surface area contributed by atoms with Gasteiger partial charge in [0, 0.05) is 15.7 Å². The zero-order valence-electron chi connectivity index (χ0n) is 11.7. The van der Waals surface area contributed by atoms with Crippen molar-refractivity contribution >= 4 is 40.8 Å². The molecule has 22 heavy (non-hydrogen) atoms. The Morgan fingerprint density at radius 1 is 1.05 bits per heavy atom. The van der Waals surface area contributed by atoms with Crippen molar-refractivity contribution in [3.8, 4) is 0 Å². The van der Waals surface area contributed by atoms with Gasteiger partial charge in [0.2, 0.25) is 0 Å². The fraction of sp³-hybridized carbons (Fsp3) is 0.125. The molecule has 0 saturated carbocycles. The van der Waals surface area contributed by atoms with E-state index >= 15 is 0 Å². The second-order valence-corrected chi connectivity index (χ2v) is 5.43. The average molecular weight is 338 g/mol. The van der Waals surface area contributed by atoms with E-state index in [9.17, 15) is 9.59 Å². The normalized spacial score (nSPS) is 11.6. The van der Waals surface area contributed by atoms with Gasteiger partial charge in [0.1, 0.15) is 0 Å². The van der Waals surface area contributed by atoms with Crippen molar-refractivity contribution in [2.45, 2.75) is 13.0 Å². The zero-order valence-corrected chi connectivity index (χ0v) is 13.2. The van der Waals surface area contributed by atoms with Gasteiger partial charge in [-0.3, -0.25) is 4.79 Å². The number of para-hydroxylation sites is 1. The largest absolute Gasteiger partial charge is 0.449 e. The first-order valence-corrected chi connectivity index (χ1v) is 7.24. The molecular formula is C16H13Cl2NO3. The Morgan fingerprint density at radius 3 is 2.23 bits per heavy atom. The number of esters is 1. The summed E-state index contributed by atoms with van der Waals surface area (Å²) in [6.07, 6.45) is -0.953. The smallest absolute Gasteiger partial charge is 0.339 e. The lowest BCUT2D eigenvalue weighted by atomic mass is 10.2. The number of rotatable bonds is 4. The minimum absolute atomic E-state index is 0.192. The minimum Gasteiger partial charge on any atom is -0.449 e. The number of benzene rings is 2. The molecule has 0 bridgehead atoms. The Morgan fingerprint density at radius 2 is 1.64 bits per heavy atom. The van der Waals surface area contributed by atoms with E-state index in [2.05, 4.69) is 5.32 Å². The maximum Gasteiger partial charge on any atom is 0.339 e. The Bertz CT molecular complexity index is 669. The van der Waals surface area contributed by atoms with Gasteiger partial charge in [-0.15, -0.1) is 0 Å². The van der Waals surface area contributed by atoms with Crippen molar-refractivity contribution < 1.29 is 14.3 Å². The molecule has 0 aromatic heterocycles. The lowest BCUT2D eigenvalue weighted by molar-refractivity contribution is -0.123. The standard InChI is InChI=1S/C16H13Cl2NO3/c1-10(15(20)19-14-5-3-2-4-6-14)22-16(21)11-7-12(17)9-13(18)8-11/h2-10H,1H3,(H,19,20)/t10-/m1/s1. The van der Waals surface area contributed by atoms with Gasteiger partial charge in [0.05, 0.1) is 5.56 Å². The second-order valence-electron chi connectivity index (χ2n) is 4.56. The lowest BCUT2D eigenvalue weighted by Crippen LogP contribution is -2.30. The maximum absolute atomic E-state index is 12.0. The van der Waals surface area contributed by atoms with E-state index in [0.717, 1.165) is 0 Å². The van der Waals surface area contributed by atoms with E-state index in [0.29, 0.717) is 15.7 Å². The molecule has 0 unspecified atom stereocenters. The van der Waals surface area contributed by atoms with Gasteiger partial charge in [0.25, 0.3) is 5.91 Å². The number of ether oxygens (including phenoxy) is 1. The predicted octanol–water partition coefficient (Wildman–Crippen LogP) is 4.18. The van der Waals surface area contributed by atoms with Crippen LogP contribution >= 0.6 is 23.2 Å². The van der Waals surface area contributed by atoms with Gasteiger partial charge in [-0.1, -0.05) is 41.4 Å². The Labute approximate surface area is 138 Å². The van der Waals surface area contributed by atoms with Crippen molar-refractivity contribution in [3.05, 3.63) is 64.1 Å². The Hall–Kier alpha value is -2.04. The van der Waals surface area contributed by atoms with Crippen LogP contribution in [0.1, 0.15) is 17.3 Å². The number of hydrogen-bond donors (Lipinski definition) is 1. The van der Waals surface area contributed by atoms with E-state index in [1.165, 1.54) is 25.1 Å². The summed E-state index contributed by atoms with van der Waals surface area (Å²) in [6.45, 7) is 1.49. The van der Waals surface area contributed by atoms with E-state index in [1.807, 2.05) is 6.07 Å². The first-order valence-electron chi connectivity index (χ1n) is 6.48. The summed E-state index contributed by atoms with van der Waals surface area (Å²) >= 11 is 11.7. The lowest BCUT2D eigenvalue weighted by Gasteiger charge is -2.13. The SMILES string of the molecule is C[C@@H](OC(=O)c1cc(Cl)cc(Cl)c1)C(=O)Nc1ccccc1. The third-order valence-electron chi connectivity index (χ3n) is 2.79. The number of carbonyl (C=O) groups is 2.